The van der Waals surface area contributed by atoms with Gasteiger partial charge in [-0.3, -0.25) is 0 Å². The minimum absolute atomic E-state index is 0.264. The van der Waals surface area contributed by atoms with Crippen molar-refractivity contribution in [2.75, 3.05) is 26.7 Å². The smallest absolute Gasteiger partial charge is 0.279 e. The summed E-state index contributed by atoms with van der Waals surface area (Å²) in [5.41, 5.74) is 0.778. The predicted molar refractivity (Wildman–Crippen MR) is 80.8 cm³/mol. The lowest BCUT2D eigenvalue weighted by atomic mass is 10.00. The minimum Gasteiger partial charge on any atom is -0.319 e. The summed E-state index contributed by atoms with van der Waals surface area (Å²) < 4.78 is 28.8. The highest BCUT2D eigenvalue weighted by molar-refractivity contribution is 7.87. The molecule has 1 aromatic rings. The Labute approximate surface area is 124 Å². The van der Waals surface area contributed by atoms with Crippen LogP contribution in [0, 0.1) is 12.8 Å². The fraction of sp³-hybridized carbons (Fsp3) is 0.750. The molecule has 0 aromatic carbocycles. The lowest BCUT2D eigenvalue weighted by molar-refractivity contribution is 0.261. The zero-order chi connectivity index (χ0) is 14.6. The van der Waals surface area contributed by atoms with Crippen molar-refractivity contribution < 1.29 is 8.42 Å². The fourth-order valence-electron chi connectivity index (χ4n) is 2.45. The van der Waals surface area contributed by atoms with E-state index in [-0.39, 0.29) is 6.54 Å². The number of piperidine rings is 1. The summed E-state index contributed by atoms with van der Waals surface area (Å²) in [6.45, 7) is 4.23. The first kappa shape index (κ1) is 15.8. The van der Waals surface area contributed by atoms with Gasteiger partial charge in [-0.25, -0.2) is 4.98 Å². The summed E-state index contributed by atoms with van der Waals surface area (Å²) in [5, 5.41) is 5.96. The van der Waals surface area contributed by atoms with E-state index in [0.717, 1.165) is 30.1 Å². The van der Waals surface area contributed by atoms with E-state index >= 15 is 0 Å². The van der Waals surface area contributed by atoms with Gasteiger partial charge in [0.15, 0.2) is 0 Å². The molecule has 8 heteroatoms. The zero-order valence-electron chi connectivity index (χ0n) is 11.9. The maximum absolute atomic E-state index is 12.3. The van der Waals surface area contributed by atoms with Crippen LogP contribution in [0.3, 0.4) is 0 Å². The third-order valence-electron chi connectivity index (χ3n) is 3.42. The molecule has 1 unspecified atom stereocenters. The number of hydrogen-bond donors (Lipinski definition) is 2. The maximum atomic E-state index is 12.3. The molecule has 2 heterocycles. The van der Waals surface area contributed by atoms with Crippen LogP contribution in [0.15, 0.2) is 5.38 Å². The quantitative estimate of drug-likeness (QED) is 0.810. The molecule has 2 N–H and O–H groups in total. The molecule has 1 atom stereocenters. The molecule has 0 spiro atoms. The Balaban J connectivity index is 1.92. The lowest BCUT2D eigenvalue weighted by Crippen LogP contribution is -2.47. The Hall–Kier alpha value is -0.540. The van der Waals surface area contributed by atoms with E-state index in [4.69, 9.17) is 0 Å². The van der Waals surface area contributed by atoms with Gasteiger partial charge in [0.05, 0.1) is 17.2 Å². The van der Waals surface area contributed by atoms with Gasteiger partial charge in [0.1, 0.15) is 0 Å². The van der Waals surface area contributed by atoms with Gasteiger partial charge in [-0.15, -0.1) is 11.3 Å². The molecular formula is C12H22N4O2S2. The van der Waals surface area contributed by atoms with Gasteiger partial charge in [-0.2, -0.15) is 17.4 Å². The molecule has 6 nitrogen and oxygen atoms in total. The van der Waals surface area contributed by atoms with Crippen LogP contribution in [0.1, 0.15) is 23.5 Å². The van der Waals surface area contributed by atoms with Crippen LogP contribution >= 0.6 is 11.3 Å². The summed E-state index contributed by atoms with van der Waals surface area (Å²) >= 11 is 1.53. The molecule has 20 heavy (non-hydrogen) atoms. The number of nitrogens with one attached hydrogen (secondary N) is 2. The highest BCUT2D eigenvalue weighted by Crippen LogP contribution is 2.18. The molecule has 0 saturated carbocycles. The van der Waals surface area contributed by atoms with Gasteiger partial charge >= 0.3 is 0 Å². The van der Waals surface area contributed by atoms with Crippen molar-refractivity contribution in [2.45, 2.75) is 26.3 Å². The number of rotatable bonds is 6. The molecule has 0 amide bonds. The fourth-order valence-corrected chi connectivity index (χ4v) is 4.35. The van der Waals surface area contributed by atoms with E-state index in [1.165, 1.54) is 11.3 Å². The monoisotopic (exact) mass is 318 g/mol. The summed E-state index contributed by atoms with van der Waals surface area (Å²) in [5.74, 6) is 0.395. The molecule has 1 aliphatic rings. The van der Waals surface area contributed by atoms with Gasteiger partial charge in [-0.05, 0) is 39.3 Å². The molecule has 0 radical (unpaired) electrons. The van der Waals surface area contributed by atoms with Crippen molar-refractivity contribution in [3.05, 3.63) is 16.1 Å². The van der Waals surface area contributed by atoms with E-state index in [2.05, 4.69) is 15.0 Å². The molecule has 114 valence electrons. The second-order valence-electron chi connectivity index (χ2n) is 5.11. The molecule has 1 saturated heterocycles. The van der Waals surface area contributed by atoms with Gasteiger partial charge in [0.25, 0.3) is 10.2 Å². The average molecular weight is 318 g/mol. The first-order valence-electron chi connectivity index (χ1n) is 6.81. The Kier molecular flexibility index (Phi) is 5.50. The van der Waals surface area contributed by atoms with Gasteiger partial charge in [-0.1, -0.05) is 0 Å². The number of aromatic nitrogens is 1. The number of thiazole rings is 1. The topological polar surface area (TPSA) is 74.3 Å². The number of nitrogens with zero attached hydrogens (tertiary/aromatic N) is 2. The van der Waals surface area contributed by atoms with Crippen LogP contribution in [0.25, 0.3) is 0 Å². The molecular weight excluding hydrogens is 296 g/mol. The van der Waals surface area contributed by atoms with Crippen LogP contribution in [-0.4, -0.2) is 44.4 Å². The Morgan fingerprint density at radius 2 is 2.35 bits per heavy atom. The van der Waals surface area contributed by atoms with Crippen molar-refractivity contribution in [3.63, 3.8) is 0 Å². The van der Waals surface area contributed by atoms with Crippen molar-refractivity contribution in [1.29, 1.82) is 0 Å². The van der Waals surface area contributed by atoms with Gasteiger partial charge < -0.3 is 5.32 Å². The highest BCUT2D eigenvalue weighted by atomic mass is 32.2. The summed E-state index contributed by atoms with van der Waals surface area (Å²) in [7, 11) is -1.50. The van der Waals surface area contributed by atoms with E-state index < -0.39 is 10.2 Å². The van der Waals surface area contributed by atoms with Crippen LogP contribution in [0.5, 0.6) is 0 Å². The highest BCUT2D eigenvalue weighted by Gasteiger charge is 2.28. The zero-order valence-corrected chi connectivity index (χ0v) is 13.6. The van der Waals surface area contributed by atoms with Crippen molar-refractivity contribution in [2.24, 2.45) is 5.92 Å². The van der Waals surface area contributed by atoms with Gasteiger partial charge in [0, 0.05) is 18.5 Å². The van der Waals surface area contributed by atoms with E-state index in [1.54, 1.807) is 4.31 Å². The first-order valence-corrected chi connectivity index (χ1v) is 9.13. The van der Waals surface area contributed by atoms with Crippen LogP contribution in [-0.2, 0) is 16.8 Å². The second-order valence-corrected chi connectivity index (χ2v) is 7.93. The third-order valence-corrected chi connectivity index (χ3v) is 5.76. The standard InChI is InChI=1S/C12H22N4O2S2/c1-10-15-12(9-19-10)7-14-20(17,18)16-5-3-4-11(8-16)6-13-2/h9,11,13-14H,3-8H2,1-2H3. The van der Waals surface area contributed by atoms with Crippen LogP contribution < -0.4 is 10.0 Å². The Morgan fingerprint density at radius 1 is 1.55 bits per heavy atom. The third kappa shape index (κ3) is 4.23. The summed E-state index contributed by atoms with van der Waals surface area (Å²) in [6.07, 6.45) is 2.00. The van der Waals surface area contributed by atoms with Crippen LogP contribution in [0.4, 0.5) is 0 Å². The molecule has 1 aliphatic heterocycles. The van der Waals surface area contributed by atoms with Crippen molar-refractivity contribution in [3.8, 4) is 0 Å². The van der Waals surface area contributed by atoms with Crippen molar-refractivity contribution >= 4 is 21.5 Å². The van der Waals surface area contributed by atoms with Gasteiger partial charge in [0.2, 0.25) is 0 Å². The Bertz CT molecular complexity index is 527. The van der Waals surface area contributed by atoms with Crippen LogP contribution in [0.2, 0.25) is 0 Å². The molecule has 1 aromatic heterocycles. The number of hydrogen-bond acceptors (Lipinski definition) is 5. The molecule has 0 aliphatic carbocycles. The van der Waals surface area contributed by atoms with E-state index in [9.17, 15) is 8.42 Å². The molecule has 1 fully saturated rings. The average Bonchev–Trinajstić information content (AvgIpc) is 2.83. The summed E-state index contributed by atoms with van der Waals surface area (Å²) in [4.78, 5) is 4.27. The minimum atomic E-state index is -3.40. The normalized spacial score (nSPS) is 21.2. The largest absolute Gasteiger partial charge is 0.319 e. The predicted octanol–water partition coefficient (Wildman–Crippen LogP) is 0.717. The Morgan fingerprint density at radius 3 is 3.00 bits per heavy atom. The SMILES string of the molecule is CNCC1CCCN(S(=O)(=O)NCc2csc(C)n2)C1. The van der Waals surface area contributed by atoms with E-state index in [0.29, 0.717) is 19.0 Å². The maximum Gasteiger partial charge on any atom is 0.279 e. The molecule has 0 bridgehead atoms. The molecule has 2 rings (SSSR count). The first-order chi connectivity index (χ1) is 9.51. The second kappa shape index (κ2) is 6.95. The number of aryl methyl sites for hydroxylation is 1. The van der Waals surface area contributed by atoms with E-state index in [1.807, 2.05) is 19.4 Å². The lowest BCUT2D eigenvalue weighted by Gasteiger charge is -2.31. The van der Waals surface area contributed by atoms with Crippen molar-refractivity contribution in [1.82, 2.24) is 19.3 Å². The summed E-state index contributed by atoms with van der Waals surface area (Å²) in [6, 6.07) is 0.